The number of nitrogens with zero attached hydrogens (tertiary/aromatic N) is 1. The minimum Gasteiger partial charge on any atom is -0.427 e. The molecule has 1 fully saturated rings. The van der Waals surface area contributed by atoms with Crippen LogP contribution in [-0.4, -0.2) is 22.1 Å². The second-order valence-corrected chi connectivity index (χ2v) is 10.7. The predicted octanol–water partition coefficient (Wildman–Crippen LogP) is 8.64. The van der Waals surface area contributed by atoms with E-state index >= 15 is 0 Å². The fourth-order valence-corrected chi connectivity index (χ4v) is 5.59. The highest BCUT2D eigenvalue weighted by atomic mass is 19.4. The second-order valence-electron chi connectivity index (χ2n) is 10.7. The van der Waals surface area contributed by atoms with Gasteiger partial charge in [0.1, 0.15) is 5.76 Å². The van der Waals surface area contributed by atoms with E-state index in [0.29, 0.717) is 43.4 Å². The summed E-state index contributed by atoms with van der Waals surface area (Å²) >= 11 is 0. The van der Waals surface area contributed by atoms with Gasteiger partial charge in [-0.05, 0) is 63.3 Å². The Morgan fingerprint density at radius 3 is 2.08 bits per heavy atom. The van der Waals surface area contributed by atoms with Crippen molar-refractivity contribution in [3.05, 3.63) is 46.2 Å². The molecule has 2 atom stereocenters. The average molecular weight is 535 g/mol. The molecule has 2 aliphatic rings. The molecule has 207 valence electrons. The van der Waals surface area contributed by atoms with E-state index in [0.717, 1.165) is 37.2 Å². The Hall–Kier alpha value is -2.07. The molecule has 0 saturated carbocycles. The van der Waals surface area contributed by atoms with Gasteiger partial charge in [-0.2, -0.15) is 26.3 Å². The molecule has 37 heavy (non-hydrogen) atoms. The number of benzene rings is 1. The molecule has 1 heterocycles. The molecular weight excluding hydrogens is 500 g/mol. The number of alkyl halides is 6. The molecule has 1 saturated heterocycles. The quantitative estimate of drug-likeness (QED) is 0.181. The summed E-state index contributed by atoms with van der Waals surface area (Å²) in [5.74, 6) is -1.12. The van der Waals surface area contributed by atoms with Crippen LogP contribution in [0, 0.1) is 0 Å². The third kappa shape index (κ3) is 6.50. The van der Waals surface area contributed by atoms with Gasteiger partial charge in [-0.15, -0.1) is 10.3 Å². The van der Waals surface area contributed by atoms with E-state index in [4.69, 9.17) is 4.74 Å². The number of halogens is 6. The van der Waals surface area contributed by atoms with Crippen LogP contribution in [0.1, 0.15) is 113 Å². The van der Waals surface area contributed by atoms with Crippen molar-refractivity contribution in [1.82, 2.24) is 5.06 Å². The lowest BCUT2D eigenvalue weighted by atomic mass is 9.81. The molecule has 2 unspecified atom stereocenters. The molecular formula is C27H34F6NO3. The van der Waals surface area contributed by atoms with Crippen molar-refractivity contribution in [2.24, 2.45) is 0 Å². The Labute approximate surface area is 213 Å². The molecule has 4 nitrogen and oxygen atoms in total. The van der Waals surface area contributed by atoms with E-state index in [2.05, 4.69) is 6.92 Å². The lowest BCUT2D eigenvalue weighted by Gasteiger charge is -2.38. The van der Waals surface area contributed by atoms with Gasteiger partial charge < -0.3 is 4.74 Å². The smallest absolute Gasteiger partial charge is 0.416 e. The molecule has 10 heteroatoms. The van der Waals surface area contributed by atoms with Crippen molar-refractivity contribution >= 4 is 5.97 Å². The summed E-state index contributed by atoms with van der Waals surface area (Å²) < 4.78 is 84.8. The molecule has 0 spiro atoms. The predicted molar refractivity (Wildman–Crippen MR) is 125 cm³/mol. The van der Waals surface area contributed by atoms with Crippen molar-refractivity contribution < 1.29 is 41.1 Å². The van der Waals surface area contributed by atoms with Crippen molar-refractivity contribution in [2.45, 2.75) is 115 Å². The summed E-state index contributed by atoms with van der Waals surface area (Å²) in [6.45, 7) is 5.77. The fourth-order valence-electron chi connectivity index (χ4n) is 5.59. The van der Waals surface area contributed by atoms with Gasteiger partial charge in [0.2, 0.25) is 0 Å². The van der Waals surface area contributed by atoms with Crippen LogP contribution >= 0.6 is 0 Å². The lowest BCUT2D eigenvalue weighted by molar-refractivity contribution is -0.253. The van der Waals surface area contributed by atoms with E-state index in [9.17, 15) is 36.3 Å². The molecule has 0 aromatic heterocycles. The minimum atomic E-state index is -5.07. The zero-order chi connectivity index (χ0) is 27.6. The van der Waals surface area contributed by atoms with Crippen LogP contribution in [0.15, 0.2) is 29.5 Å². The maximum absolute atomic E-state index is 13.5. The van der Waals surface area contributed by atoms with Gasteiger partial charge in [-0.25, -0.2) is 4.79 Å². The topological polar surface area (TPSA) is 49.4 Å². The van der Waals surface area contributed by atoms with Crippen molar-refractivity contribution in [3.63, 3.8) is 0 Å². The molecule has 0 amide bonds. The Morgan fingerprint density at radius 2 is 1.51 bits per heavy atom. The summed E-state index contributed by atoms with van der Waals surface area (Å²) in [4.78, 5) is 12.8. The van der Waals surface area contributed by atoms with Gasteiger partial charge in [0, 0.05) is 6.42 Å². The van der Waals surface area contributed by atoms with Crippen molar-refractivity contribution in [3.8, 4) is 0 Å². The number of unbranched alkanes of at least 4 members (excludes halogenated alkanes) is 5. The third-order valence-electron chi connectivity index (χ3n) is 7.66. The van der Waals surface area contributed by atoms with Gasteiger partial charge in [-0.1, -0.05) is 45.4 Å². The Morgan fingerprint density at radius 1 is 0.946 bits per heavy atom. The number of hydroxylamine groups is 2. The van der Waals surface area contributed by atoms with Crippen LogP contribution < -0.4 is 0 Å². The number of ether oxygens (including phenoxy) is 1. The van der Waals surface area contributed by atoms with Gasteiger partial charge in [-0.3, -0.25) is 0 Å². The largest absolute Gasteiger partial charge is 0.427 e. The van der Waals surface area contributed by atoms with Gasteiger partial charge >= 0.3 is 18.3 Å². The van der Waals surface area contributed by atoms with Crippen LogP contribution in [0.4, 0.5) is 26.3 Å². The van der Waals surface area contributed by atoms with E-state index in [1.807, 2.05) is 6.92 Å². The first-order valence-electron chi connectivity index (χ1n) is 12.8. The number of esters is 1. The first-order chi connectivity index (χ1) is 17.1. The number of allylic oxidation sites excluding steroid dienone is 1. The van der Waals surface area contributed by atoms with E-state index in [-0.39, 0.29) is 18.2 Å². The van der Waals surface area contributed by atoms with Crippen molar-refractivity contribution in [2.75, 3.05) is 0 Å². The zero-order valence-electron chi connectivity index (χ0n) is 21.4. The van der Waals surface area contributed by atoms with Crippen LogP contribution in [0.3, 0.4) is 0 Å². The molecule has 0 N–H and O–H groups in total. The van der Waals surface area contributed by atoms with Crippen molar-refractivity contribution in [1.29, 1.82) is 0 Å². The summed E-state index contributed by atoms with van der Waals surface area (Å²) in [6, 6.07) is 0.695. The monoisotopic (exact) mass is 534 g/mol. The Kier molecular flexibility index (Phi) is 8.74. The molecule has 1 aromatic carbocycles. The minimum absolute atomic E-state index is 0.0314. The standard InChI is InChI=1S/C27H34F6NO3/c1-4-5-6-7-8-9-12-24(2)17-21-22(11-10-13-25(21,3)34(24)36)37-23(35)18-14-19(26(28,29)30)16-20(15-18)27(31,32)33/h14-16H,4-13,17H2,1-3H3. The van der Waals surface area contributed by atoms with E-state index in [1.165, 1.54) is 6.42 Å². The number of hydrogen-bond acceptors (Lipinski definition) is 3. The molecule has 1 aliphatic heterocycles. The number of carbonyl (C=O) groups is 1. The highest BCUT2D eigenvalue weighted by Gasteiger charge is 2.56. The first kappa shape index (κ1) is 29.5. The Bertz CT molecular complexity index is 986. The van der Waals surface area contributed by atoms with Gasteiger partial charge in [0.15, 0.2) is 0 Å². The van der Waals surface area contributed by atoms with Crippen LogP contribution in [0.2, 0.25) is 0 Å². The zero-order valence-corrected chi connectivity index (χ0v) is 21.4. The molecule has 0 bridgehead atoms. The Balaban J connectivity index is 1.85. The lowest BCUT2D eigenvalue weighted by Crippen LogP contribution is -2.49. The molecule has 1 aromatic rings. The highest BCUT2D eigenvalue weighted by Crippen LogP contribution is 2.52. The normalized spacial score (nSPS) is 24.9. The number of carbonyl (C=O) groups excluding carboxylic acids is 1. The van der Waals surface area contributed by atoms with Gasteiger partial charge in [0.05, 0.1) is 27.8 Å². The molecule has 3 rings (SSSR count). The maximum Gasteiger partial charge on any atom is 0.416 e. The van der Waals surface area contributed by atoms with Gasteiger partial charge in [0.25, 0.3) is 0 Å². The average Bonchev–Trinajstić information content (AvgIpc) is 3.02. The van der Waals surface area contributed by atoms with E-state index < -0.39 is 46.1 Å². The fraction of sp³-hybridized carbons (Fsp3) is 0.667. The first-order valence-corrected chi connectivity index (χ1v) is 12.8. The molecule has 1 radical (unpaired) electrons. The van der Waals surface area contributed by atoms with E-state index in [1.54, 1.807) is 6.92 Å². The van der Waals surface area contributed by atoms with Crippen LogP contribution in [0.25, 0.3) is 0 Å². The summed E-state index contributed by atoms with van der Waals surface area (Å²) in [5.41, 5.74) is -5.06. The van der Waals surface area contributed by atoms with Crippen LogP contribution in [-0.2, 0) is 22.3 Å². The van der Waals surface area contributed by atoms with Crippen LogP contribution in [0.5, 0.6) is 0 Å². The summed E-state index contributed by atoms with van der Waals surface area (Å²) in [7, 11) is 0. The number of hydrogen-bond donors (Lipinski definition) is 0. The highest BCUT2D eigenvalue weighted by molar-refractivity contribution is 5.90. The number of fused-ring (bicyclic) bond motifs is 1. The maximum atomic E-state index is 13.5. The SMILES string of the molecule is CCCCCCCCC1(C)CC2=C(OC(=O)c3cc(C(F)(F)F)cc(C(F)(F)F)c3)CCCC2(C)N1[O]. The summed E-state index contributed by atoms with van der Waals surface area (Å²) in [6.07, 6.45) is -1.46. The second kappa shape index (κ2) is 11.0. The molecule has 1 aliphatic carbocycles. The third-order valence-corrected chi connectivity index (χ3v) is 7.66. The number of rotatable bonds is 9. The summed E-state index contributed by atoms with van der Waals surface area (Å²) in [5, 5.41) is 14.5.